The monoisotopic (exact) mass is 314 g/mol. The van der Waals surface area contributed by atoms with Crippen molar-refractivity contribution in [3.8, 4) is 11.6 Å². The van der Waals surface area contributed by atoms with Gasteiger partial charge in [-0.1, -0.05) is 6.07 Å². The number of hydrogen-bond acceptors (Lipinski definition) is 5. The van der Waals surface area contributed by atoms with Crippen molar-refractivity contribution in [2.24, 2.45) is 0 Å². The average molecular weight is 314 g/mol. The Morgan fingerprint density at radius 1 is 1.18 bits per heavy atom. The molecule has 2 N–H and O–H groups in total. The highest BCUT2D eigenvalue weighted by Crippen LogP contribution is 2.19. The van der Waals surface area contributed by atoms with Crippen molar-refractivity contribution < 1.29 is 9.13 Å². The van der Waals surface area contributed by atoms with E-state index in [0.717, 1.165) is 0 Å². The first-order chi connectivity index (χ1) is 10.6. The van der Waals surface area contributed by atoms with Crippen LogP contribution in [0, 0.1) is 5.82 Å². The molecule has 0 unspecified atom stereocenters. The average Bonchev–Trinajstić information content (AvgIpc) is 2.91. The van der Waals surface area contributed by atoms with Crippen molar-refractivity contribution in [3.05, 3.63) is 66.2 Å². The Labute approximate surface area is 131 Å². The molecule has 0 radical (unpaired) electrons. The highest BCUT2D eigenvalue weighted by Gasteiger charge is 2.15. The van der Waals surface area contributed by atoms with E-state index in [0.29, 0.717) is 22.9 Å². The SMILES string of the molecule is Nc1c(C(=S)Oc2ccccn2)cnn1-c1ccc(F)cc1. The van der Waals surface area contributed by atoms with Crippen LogP contribution in [0.2, 0.25) is 0 Å². The number of ether oxygens (including phenoxy) is 1. The Balaban J connectivity index is 1.87. The van der Waals surface area contributed by atoms with Crippen LogP contribution in [0.5, 0.6) is 5.88 Å². The Kier molecular flexibility index (Phi) is 3.80. The largest absolute Gasteiger partial charge is 0.427 e. The highest BCUT2D eigenvalue weighted by molar-refractivity contribution is 7.80. The van der Waals surface area contributed by atoms with Gasteiger partial charge in [-0.3, -0.25) is 0 Å². The van der Waals surface area contributed by atoms with E-state index in [1.807, 2.05) is 0 Å². The second-order valence-electron chi connectivity index (χ2n) is 4.39. The molecule has 0 aliphatic heterocycles. The van der Waals surface area contributed by atoms with E-state index in [-0.39, 0.29) is 10.9 Å². The molecule has 1 aromatic carbocycles. The summed E-state index contributed by atoms with van der Waals surface area (Å²) in [6.45, 7) is 0. The molecule has 5 nitrogen and oxygen atoms in total. The van der Waals surface area contributed by atoms with Crippen molar-refractivity contribution in [2.45, 2.75) is 0 Å². The predicted molar refractivity (Wildman–Crippen MR) is 84.5 cm³/mol. The third-order valence-electron chi connectivity index (χ3n) is 2.93. The second kappa shape index (κ2) is 5.90. The lowest BCUT2D eigenvalue weighted by atomic mass is 10.3. The molecule has 3 rings (SSSR count). The zero-order valence-electron chi connectivity index (χ0n) is 11.3. The first-order valence-corrected chi connectivity index (χ1v) is 6.78. The number of pyridine rings is 1. The van der Waals surface area contributed by atoms with Gasteiger partial charge >= 0.3 is 0 Å². The van der Waals surface area contributed by atoms with Gasteiger partial charge in [0.25, 0.3) is 0 Å². The fraction of sp³-hybridized carbons (Fsp3) is 0. The molecule has 22 heavy (non-hydrogen) atoms. The van der Waals surface area contributed by atoms with Crippen LogP contribution in [0.15, 0.2) is 54.9 Å². The second-order valence-corrected chi connectivity index (χ2v) is 4.76. The Morgan fingerprint density at radius 3 is 2.64 bits per heavy atom. The van der Waals surface area contributed by atoms with Crippen LogP contribution in [-0.2, 0) is 0 Å². The number of anilines is 1. The van der Waals surface area contributed by atoms with Crippen LogP contribution in [0.25, 0.3) is 5.69 Å². The molecule has 0 saturated heterocycles. The number of hydrogen-bond donors (Lipinski definition) is 1. The standard InChI is InChI=1S/C15H11FN4OS/c16-10-4-6-11(7-5-10)20-14(17)12(9-19-20)15(22)21-13-3-1-2-8-18-13/h1-9H,17H2. The zero-order chi connectivity index (χ0) is 15.5. The number of benzene rings is 1. The quantitative estimate of drug-likeness (QED) is 0.753. The van der Waals surface area contributed by atoms with E-state index in [1.54, 1.807) is 36.5 Å². The number of halogens is 1. The summed E-state index contributed by atoms with van der Waals surface area (Å²) in [5.74, 6) is 0.359. The summed E-state index contributed by atoms with van der Waals surface area (Å²) < 4.78 is 19.9. The molecule has 0 aliphatic rings. The van der Waals surface area contributed by atoms with Crippen LogP contribution in [0.4, 0.5) is 10.2 Å². The lowest BCUT2D eigenvalue weighted by molar-refractivity contribution is 0.542. The molecular weight excluding hydrogens is 303 g/mol. The third kappa shape index (κ3) is 2.79. The molecule has 0 fully saturated rings. The van der Waals surface area contributed by atoms with E-state index in [1.165, 1.54) is 23.0 Å². The maximum Gasteiger partial charge on any atom is 0.220 e. The summed E-state index contributed by atoms with van der Waals surface area (Å²) in [7, 11) is 0. The maximum absolute atomic E-state index is 13.0. The van der Waals surface area contributed by atoms with Gasteiger partial charge in [0.1, 0.15) is 11.6 Å². The minimum absolute atomic E-state index is 0.171. The van der Waals surface area contributed by atoms with Gasteiger partial charge in [-0.15, -0.1) is 0 Å². The summed E-state index contributed by atoms with van der Waals surface area (Å²) in [4.78, 5) is 4.03. The zero-order valence-corrected chi connectivity index (χ0v) is 12.1. The normalized spacial score (nSPS) is 10.4. The molecule has 0 bridgehead atoms. The number of aromatic nitrogens is 3. The molecule has 110 valence electrons. The molecule has 0 atom stereocenters. The van der Waals surface area contributed by atoms with Gasteiger partial charge in [-0.05, 0) is 42.5 Å². The fourth-order valence-electron chi connectivity index (χ4n) is 1.86. The van der Waals surface area contributed by atoms with Gasteiger partial charge in [-0.2, -0.15) is 5.10 Å². The van der Waals surface area contributed by atoms with E-state index < -0.39 is 0 Å². The van der Waals surface area contributed by atoms with E-state index >= 15 is 0 Å². The first-order valence-electron chi connectivity index (χ1n) is 6.38. The summed E-state index contributed by atoms with van der Waals surface area (Å²) in [6, 6.07) is 11.1. The Hall–Kier alpha value is -2.80. The smallest absolute Gasteiger partial charge is 0.220 e. The van der Waals surface area contributed by atoms with Crippen LogP contribution < -0.4 is 10.5 Å². The lowest BCUT2D eigenvalue weighted by Gasteiger charge is -2.07. The number of nitrogen functional groups attached to an aromatic ring is 1. The van der Waals surface area contributed by atoms with Crippen molar-refractivity contribution in [1.29, 1.82) is 0 Å². The summed E-state index contributed by atoms with van der Waals surface area (Å²) in [5.41, 5.74) is 7.15. The first kappa shape index (κ1) is 14.2. The van der Waals surface area contributed by atoms with Crippen molar-refractivity contribution in [1.82, 2.24) is 14.8 Å². The summed E-state index contributed by atoms with van der Waals surface area (Å²) >= 11 is 5.22. The van der Waals surface area contributed by atoms with Crippen LogP contribution in [0.1, 0.15) is 5.56 Å². The highest BCUT2D eigenvalue weighted by atomic mass is 32.1. The molecule has 0 spiro atoms. The van der Waals surface area contributed by atoms with Crippen molar-refractivity contribution >= 4 is 23.1 Å². The van der Waals surface area contributed by atoms with Crippen molar-refractivity contribution in [3.63, 3.8) is 0 Å². The van der Waals surface area contributed by atoms with Gasteiger partial charge in [-0.25, -0.2) is 14.1 Å². The van der Waals surface area contributed by atoms with E-state index in [4.69, 9.17) is 22.7 Å². The molecule has 2 aromatic heterocycles. The summed E-state index contributed by atoms with van der Waals surface area (Å²) in [5, 5.41) is 4.33. The predicted octanol–water partition coefficient (Wildman–Crippen LogP) is 2.74. The molecule has 0 aliphatic carbocycles. The third-order valence-corrected chi connectivity index (χ3v) is 3.24. The number of thiocarbonyl (C=S) groups is 1. The van der Waals surface area contributed by atoms with Crippen LogP contribution in [0.3, 0.4) is 0 Å². The number of nitrogens with two attached hydrogens (primary N) is 1. The van der Waals surface area contributed by atoms with Gasteiger partial charge in [0.15, 0.2) is 0 Å². The maximum atomic E-state index is 13.0. The van der Waals surface area contributed by atoms with Gasteiger partial charge < -0.3 is 10.5 Å². The Morgan fingerprint density at radius 2 is 1.95 bits per heavy atom. The number of rotatable bonds is 3. The molecule has 0 saturated carbocycles. The van der Waals surface area contributed by atoms with Gasteiger partial charge in [0.2, 0.25) is 10.9 Å². The fourth-order valence-corrected chi connectivity index (χ4v) is 2.10. The molecule has 0 amide bonds. The van der Waals surface area contributed by atoms with Crippen LogP contribution in [-0.4, -0.2) is 19.8 Å². The van der Waals surface area contributed by atoms with E-state index in [9.17, 15) is 4.39 Å². The molecule has 7 heteroatoms. The minimum atomic E-state index is -0.330. The minimum Gasteiger partial charge on any atom is -0.427 e. The molecular formula is C15H11FN4OS. The van der Waals surface area contributed by atoms with Gasteiger partial charge in [0.05, 0.1) is 17.4 Å². The van der Waals surface area contributed by atoms with Crippen molar-refractivity contribution in [2.75, 3.05) is 5.73 Å². The van der Waals surface area contributed by atoms with E-state index in [2.05, 4.69) is 10.1 Å². The molecule has 2 heterocycles. The topological polar surface area (TPSA) is 66.0 Å². The lowest BCUT2D eigenvalue weighted by Crippen LogP contribution is -2.11. The van der Waals surface area contributed by atoms with Crippen LogP contribution >= 0.6 is 12.2 Å². The van der Waals surface area contributed by atoms with Gasteiger partial charge in [0, 0.05) is 12.3 Å². The number of nitrogens with zero attached hydrogens (tertiary/aromatic N) is 3. The Bertz CT molecular complexity index is 802. The summed E-state index contributed by atoms with van der Waals surface area (Å²) in [6.07, 6.45) is 3.10. The molecule has 3 aromatic rings.